The van der Waals surface area contributed by atoms with E-state index >= 15 is 0 Å². The second kappa shape index (κ2) is 5.13. The number of hydrogen-bond acceptors (Lipinski definition) is 2. The second-order valence-electron chi connectivity index (χ2n) is 7.81. The molecule has 0 heterocycles. The maximum Gasteiger partial charge on any atom is 0.0465 e. The number of ether oxygens (including phenoxy) is 1. The Kier molecular flexibility index (Phi) is 4.08. The summed E-state index contributed by atoms with van der Waals surface area (Å²) in [6, 6.07) is 0. The molecule has 2 fully saturated rings. The van der Waals surface area contributed by atoms with E-state index in [4.69, 9.17) is 4.74 Å². The van der Waals surface area contributed by atoms with E-state index in [1.54, 1.807) is 0 Å². The van der Waals surface area contributed by atoms with Crippen LogP contribution in [0.1, 0.15) is 53.4 Å². The van der Waals surface area contributed by atoms with Gasteiger partial charge in [-0.2, -0.15) is 0 Å². The van der Waals surface area contributed by atoms with E-state index in [2.05, 4.69) is 33.0 Å². The second-order valence-corrected chi connectivity index (χ2v) is 7.81. The van der Waals surface area contributed by atoms with Crippen molar-refractivity contribution in [3.05, 3.63) is 0 Å². The summed E-state index contributed by atoms with van der Waals surface area (Å²) >= 11 is 0. The SMILES string of the molecule is COCCC(C)C1(CNC(C)(C)C)CC2CC2C1. The fourth-order valence-electron chi connectivity index (χ4n) is 3.70. The third-order valence-electron chi connectivity index (χ3n) is 5.18. The van der Waals surface area contributed by atoms with Crippen molar-refractivity contribution in [3.63, 3.8) is 0 Å². The van der Waals surface area contributed by atoms with Gasteiger partial charge in [-0.3, -0.25) is 0 Å². The molecule has 3 atom stereocenters. The van der Waals surface area contributed by atoms with Crippen LogP contribution in [0.4, 0.5) is 0 Å². The van der Waals surface area contributed by atoms with E-state index < -0.39 is 0 Å². The number of nitrogens with one attached hydrogen (secondary N) is 1. The molecule has 2 aliphatic carbocycles. The molecule has 3 unspecified atom stereocenters. The Bertz CT molecular complexity index is 271. The summed E-state index contributed by atoms with van der Waals surface area (Å²) in [5.41, 5.74) is 0.778. The number of fused-ring (bicyclic) bond motifs is 1. The van der Waals surface area contributed by atoms with Crippen molar-refractivity contribution in [3.8, 4) is 0 Å². The highest BCUT2D eigenvalue weighted by atomic mass is 16.5. The first-order valence-corrected chi connectivity index (χ1v) is 7.60. The van der Waals surface area contributed by atoms with E-state index in [1.807, 2.05) is 7.11 Å². The minimum Gasteiger partial charge on any atom is -0.385 e. The van der Waals surface area contributed by atoms with Gasteiger partial charge in [0.05, 0.1) is 0 Å². The van der Waals surface area contributed by atoms with Gasteiger partial charge in [-0.15, -0.1) is 0 Å². The average molecular weight is 253 g/mol. The van der Waals surface area contributed by atoms with Gasteiger partial charge in [-0.1, -0.05) is 6.92 Å². The highest BCUT2D eigenvalue weighted by Gasteiger charge is 2.55. The predicted molar refractivity (Wildman–Crippen MR) is 76.7 cm³/mol. The topological polar surface area (TPSA) is 21.3 Å². The summed E-state index contributed by atoms with van der Waals surface area (Å²) in [5, 5.41) is 3.76. The third kappa shape index (κ3) is 3.27. The molecular formula is C16H31NO. The van der Waals surface area contributed by atoms with Crippen LogP contribution in [0, 0.1) is 23.2 Å². The highest BCUT2D eigenvalue weighted by molar-refractivity contribution is 5.06. The van der Waals surface area contributed by atoms with E-state index in [1.165, 1.54) is 32.2 Å². The number of hydrogen-bond donors (Lipinski definition) is 1. The Hall–Kier alpha value is -0.0800. The smallest absolute Gasteiger partial charge is 0.0465 e. The first-order valence-electron chi connectivity index (χ1n) is 7.60. The first-order chi connectivity index (χ1) is 8.36. The summed E-state index contributed by atoms with van der Waals surface area (Å²) in [6.45, 7) is 11.4. The number of methoxy groups -OCH3 is 1. The maximum atomic E-state index is 5.28. The van der Waals surface area contributed by atoms with Crippen LogP contribution < -0.4 is 5.32 Å². The van der Waals surface area contributed by atoms with Crippen LogP contribution >= 0.6 is 0 Å². The largest absolute Gasteiger partial charge is 0.385 e. The van der Waals surface area contributed by atoms with Gasteiger partial charge in [0.15, 0.2) is 0 Å². The minimum atomic E-state index is 0.237. The van der Waals surface area contributed by atoms with Crippen molar-refractivity contribution in [2.45, 2.75) is 58.9 Å². The zero-order valence-corrected chi connectivity index (χ0v) is 12.9. The lowest BCUT2D eigenvalue weighted by Crippen LogP contribution is -2.46. The van der Waals surface area contributed by atoms with Crippen LogP contribution in [-0.4, -0.2) is 25.8 Å². The molecule has 0 bridgehead atoms. The summed E-state index contributed by atoms with van der Waals surface area (Å²) in [5.74, 6) is 2.88. The molecule has 0 amide bonds. The molecule has 0 saturated heterocycles. The Morgan fingerprint density at radius 2 is 1.89 bits per heavy atom. The molecule has 2 rings (SSSR count). The van der Waals surface area contributed by atoms with Gasteiger partial charge in [0.25, 0.3) is 0 Å². The van der Waals surface area contributed by atoms with Crippen LogP contribution in [0.5, 0.6) is 0 Å². The Labute approximate surface area is 113 Å². The maximum absolute atomic E-state index is 5.28. The fraction of sp³-hybridized carbons (Fsp3) is 1.00. The summed E-state index contributed by atoms with van der Waals surface area (Å²) in [4.78, 5) is 0. The van der Waals surface area contributed by atoms with Crippen molar-refractivity contribution in [2.75, 3.05) is 20.3 Å². The molecule has 0 spiro atoms. The van der Waals surface area contributed by atoms with Crippen molar-refractivity contribution < 1.29 is 4.74 Å². The molecule has 2 aliphatic rings. The molecule has 0 radical (unpaired) electrons. The Morgan fingerprint density at radius 3 is 2.39 bits per heavy atom. The van der Waals surface area contributed by atoms with Gasteiger partial charge in [-0.05, 0) is 69.6 Å². The van der Waals surface area contributed by atoms with E-state index in [-0.39, 0.29) is 5.54 Å². The van der Waals surface area contributed by atoms with Gasteiger partial charge < -0.3 is 10.1 Å². The molecule has 1 N–H and O–H groups in total. The van der Waals surface area contributed by atoms with Crippen LogP contribution in [-0.2, 0) is 4.74 Å². The zero-order valence-electron chi connectivity index (χ0n) is 12.9. The molecule has 0 aliphatic heterocycles. The molecule has 2 nitrogen and oxygen atoms in total. The van der Waals surface area contributed by atoms with Crippen LogP contribution in [0.25, 0.3) is 0 Å². The molecule has 0 aromatic heterocycles. The third-order valence-corrected chi connectivity index (χ3v) is 5.18. The molecule has 0 aromatic rings. The minimum absolute atomic E-state index is 0.237. The predicted octanol–water partition coefficient (Wildman–Crippen LogP) is 3.46. The van der Waals surface area contributed by atoms with E-state index in [0.29, 0.717) is 5.41 Å². The molecule has 2 heteroatoms. The van der Waals surface area contributed by atoms with Crippen LogP contribution in [0.3, 0.4) is 0 Å². The first kappa shape index (κ1) is 14.3. The molecule has 106 valence electrons. The normalized spacial score (nSPS) is 36.5. The van der Waals surface area contributed by atoms with Gasteiger partial charge in [0, 0.05) is 25.8 Å². The standard InChI is InChI=1S/C16H31NO/c1-12(6-7-18-5)16(11-17-15(2,3)4)9-13-8-14(13)10-16/h12-14,17H,6-11H2,1-5H3. The van der Waals surface area contributed by atoms with Crippen molar-refractivity contribution >= 4 is 0 Å². The fourth-order valence-corrected chi connectivity index (χ4v) is 3.70. The van der Waals surface area contributed by atoms with Crippen LogP contribution in [0.2, 0.25) is 0 Å². The lowest BCUT2D eigenvalue weighted by atomic mass is 9.71. The van der Waals surface area contributed by atoms with Crippen molar-refractivity contribution in [2.24, 2.45) is 23.2 Å². The molecule has 18 heavy (non-hydrogen) atoms. The van der Waals surface area contributed by atoms with Crippen molar-refractivity contribution in [1.82, 2.24) is 5.32 Å². The van der Waals surface area contributed by atoms with Gasteiger partial charge in [-0.25, -0.2) is 0 Å². The summed E-state index contributed by atoms with van der Waals surface area (Å²) in [7, 11) is 1.82. The summed E-state index contributed by atoms with van der Waals surface area (Å²) in [6.07, 6.45) is 5.62. The quantitative estimate of drug-likeness (QED) is 0.782. The van der Waals surface area contributed by atoms with Gasteiger partial charge >= 0.3 is 0 Å². The highest BCUT2D eigenvalue weighted by Crippen LogP contribution is 2.62. The van der Waals surface area contributed by atoms with E-state index in [0.717, 1.165) is 24.4 Å². The lowest BCUT2D eigenvalue weighted by Gasteiger charge is -2.40. The van der Waals surface area contributed by atoms with Crippen LogP contribution in [0.15, 0.2) is 0 Å². The summed E-state index contributed by atoms with van der Waals surface area (Å²) < 4.78 is 5.28. The average Bonchev–Trinajstić information content (AvgIpc) is 2.90. The molecule has 2 saturated carbocycles. The monoisotopic (exact) mass is 253 g/mol. The zero-order chi connectivity index (χ0) is 13.4. The Balaban J connectivity index is 1.95. The van der Waals surface area contributed by atoms with Gasteiger partial charge in [0.2, 0.25) is 0 Å². The lowest BCUT2D eigenvalue weighted by molar-refractivity contribution is 0.0977. The van der Waals surface area contributed by atoms with E-state index in [9.17, 15) is 0 Å². The van der Waals surface area contributed by atoms with Gasteiger partial charge in [0.1, 0.15) is 0 Å². The Morgan fingerprint density at radius 1 is 1.28 bits per heavy atom. The van der Waals surface area contributed by atoms with Crippen molar-refractivity contribution in [1.29, 1.82) is 0 Å². The molecule has 0 aromatic carbocycles. The molecular weight excluding hydrogens is 222 g/mol. The number of rotatable bonds is 6.